The van der Waals surface area contributed by atoms with E-state index in [9.17, 15) is 14.4 Å². The van der Waals surface area contributed by atoms with Crippen molar-refractivity contribution in [2.75, 3.05) is 0 Å². The van der Waals surface area contributed by atoms with Crippen molar-refractivity contribution in [2.24, 2.45) is 5.41 Å². The van der Waals surface area contributed by atoms with Gasteiger partial charge in [-0.1, -0.05) is 20.8 Å². The lowest BCUT2D eigenvalue weighted by molar-refractivity contribution is -0.142. The second-order valence-corrected chi connectivity index (χ2v) is 6.54. The molecule has 0 aliphatic rings. The number of hydrogen-bond acceptors (Lipinski definition) is 4. The van der Waals surface area contributed by atoms with Gasteiger partial charge in [-0.15, -0.1) is 0 Å². The largest absolute Gasteiger partial charge is 0.481 e. The second-order valence-electron chi connectivity index (χ2n) is 6.54. The molecule has 0 fully saturated rings. The van der Waals surface area contributed by atoms with Crippen LogP contribution in [0.15, 0.2) is 0 Å². The average Bonchev–Trinajstić information content (AvgIpc) is 2.10. The maximum atomic E-state index is 11.8. The first-order valence-electron chi connectivity index (χ1n) is 6.02. The number of aliphatic carboxylic acids is 1. The van der Waals surface area contributed by atoms with E-state index in [4.69, 9.17) is 9.84 Å². The molecule has 0 aromatic heterocycles. The monoisotopic (exact) mass is 273 g/mol. The number of hydrogen-bond donors (Lipinski definition) is 2. The number of alkyl carbamates (subject to hydrolysis) is 1. The third kappa shape index (κ3) is 5.28. The van der Waals surface area contributed by atoms with Gasteiger partial charge in [0.2, 0.25) is 0 Å². The van der Waals surface area contributed by atoms with Gasteiger partial charge >= 0.3 is 12.1 Å². The molecular weight excluding hydrogens is 250 g/mol. The number of carboxylic acids is 1. The Hall–Kier alpha value is -1.59. The minimum absolute atomic E-state index is 0.463. The van der Waals surface area contributed by atoms with Crippen LogP contribution in [0.5, 0.6) is 0 Å². The first-order valence-corrected chi connectivity index (χ1v) is 6.02. The van der Waals surface area contributed by atoms with Gasteiger partial charge < -0.3 is 20.0 Å². The highest BCUT2D eigenvalue weighted by Gasteiger charge is 2.46. The van der Waals surface area contributed by atoms with Crippen molar-refractivity contribution in [1.82, 2.24) is 5.32 Å². The van der Waals surface area contributed by atoms with Crippen LogP contribution in [0.2, 0.25) is 0 Å². The smallest absolute Gasteiger partial charge is 0.408 e. The molecule has 2 N–H and O–H groups in total. The van der Waals surface area contributed by atoms with E-state index < -0.39 is 35.0 Å². The molecule has 0 aromatic carbocycles. The SMILES string of the molecule is CC(C)(C)OC(=O)NC(C=O)(CC(=O)O)C(C)(C)C. The summed E-state index contributed by atoms with van der Waals surface area (Å²) in [6.07, 6.45) is -0.847. The zero-order valence-electron chi connectivity index (χ0n) is 12.4. The highest BCUT2D eigenvalue weighted by Crippen LogP contribution is 2.32. The van der Waals surface area contributed by atoms with Crippen LogP contribution in [-0.2, 0) is 14.3 Å². The normalized spacial score (nSPS) is 15.3. The fourth-order valence-electron chi connectivity index (χ4n) is 1.47. The van der Waals surface area contributed by atoms with Crippen LogP contribution in [-0.4, -0.2) is 34.6 Å². The molecule has 0 radical (unpaired) electrons. The van der Waals surface area contributed by atoms with E-state index in [2.05, 4.69) is 5.32 Å². The fraction of sp³-hybridized carbons (Fsp3) is 0.769. The van der Waals surface area contributed by atoms with Gasteiger partial charge in [-0.25, -0.2) is 4.79 Å². The molecule has 1 amide bonds. The lowest BCUT2D eigenvalue weighted by atomic mass is 9.72. The summed E-state index contributed by atoms with van der Waals surface area (Å²) in [5.74, 6) is -1.17. The Morgan fingerprint density at radius 1 is 1.16 bits per heavy atom. The number of ether oxygens (including phenoxy) is 1. The highest BCUT2D eigenvalue weighted by atomic mass is 16.6. The van der Waals surface area contributed by atoms with Crippen LogP contribution in [0, 0.1) is 5.41 Å². The molecular formula is C13H23NO5. The molecule has 110 valence electrons. The average molecular weight is 273 g/mol. The topological polar surface area (TPSA) is 92.7 Å². The maximum absolute atomic E-state index is 11.8. The number of rotatable bonds is 4. The summed E-state index contributed by atoms with van der Waals surface area (Å²) in [6.45, 7) is 10.1. The van der Waals surface area contributed by atoms with Crippen molar-refractivity contribution in [3.8, 4) is 0 Å². The van der Waals surface area contributed by atoms with E-state index in [1.54, 1.807) is 41.5 Å². The van der Waals surface area contributed by atoms with Crippen molar-refractivity contribution in [3.05, 3.63) is 0 Å². The van der Waals surface area contributed by atoms with Crippen molar-refractivity contribution < 1.29 is 24.2 Å². The highest BCUT2D eigenvalue weighted by molar-refractivity contribution is 5.83. The van der Waals surface area contributed by atoms with E-state index in [0.29, 0.717) is 6.29 Å². The molecule has 0 rings (SSSR count). The zero-order chi connectivity index (χ0) is 15.5. The van der Waals surface area contributed by atoms with E-state index in [-0.39, 0.29) is 0 Å². The van der Waals surface area contributed by atoms with E-state index in [0.717, 1.165) is 0 Å². The van der Waals surface area contributed by atoms with Crippen LogP contribution < -0.4 is 5.32 Å². The van der Waals surface area contributed by atoms with E-state index >= 15 is 0 Å². The molecule has 19 heavy (non-hydrogen) atoms. The van der Waals surface area contributed by atoms with Crippen LogP contribution in [0.25, 0.3) is 0 Å². The molecule has 1 unspecified atom stereocenters. The first kappa shape index (κ1) is 17.4. The Morgan fingerprint density at radius 3 is 1.89 bits per heavy atom. The molecule has 6 heteroatoms. The summed E-state index contributed by atoms with van der Waals surface area (Å²) in [5, 5.41) is 11.3. The molecule has 1 atom stereocenters. The van der Waals surface area contributed by atoms with Gasteiger partial charge in [0.05, 0.1) is 6.42 Å². The summed E-state index contributed by atoms with van der Waals surface area (Å²) in [5.41, 5.74) is -3.00. The van der Waals surface area contributed by atoms with Crippen LogP contribution >= 0.6 is 0 Å². The Balaban J connectivity index is 5.22. The Morgan fingerprint density at radius 2 is 1.63 bits per heavy atom. The third-order valence-corrected chi connectivity index (χ3v) is 2.69. The van der Waals surface area contributed by atoms with E-state index in [1.807, 2.05) is 0 Å². The van der Waals surface area contributed by atoms with Crippen molar-refractivity contribution >= 4 is 18.3 Å². The van der Waals surface area contributed by atoms with Crippen molar-refractivity contribution in [3.63, 3.8) is 0 Å². The maximum Gasteiger partial charge on any atom is 0.408 e. The molecule has 0 aromatic rings. The lowest BCUT2D eigenvalue weighted by Crippen LogP contribution is -2.60. The minimum Gasteiger partial charge on any atom is -0.481 e. The molecule has 0 aliphatic heterocycles. The molecule has 0 saturated carbocycles. The van der Waals surface area contributed by atoms with Gasteiger partial charge in [0.25, 0.3) is 0 Å². The third-order valence-electron chi connectivity index (χ3n) is 2.69. The number of carbonyl (C=O) groups excluding carboxylic acids is 2. The molecule has 6 nitrogen and oxygen atoms in total. The number of aldehydes is 1. The number of carbonyl (C=O) groups is 3. The van der Waals surface area contributed by atoms with Crippen molar-refractivity contribution in [2.45, 2.75) is 59.1 Å². The fourth-order valence-corrected chi connectivity index (χ4v) is 1.47. The first-order chi connectivity index (χ1) is 8.33. The van der Waals surface area contributed by atoms with Gasteiger partial charge in [-0.3, -0.25) is 4.79 Å². The van der Waals surface area contributed by atoms with Gasteiger partial charge in [0.1, 0.15) is 17.4 Å². The van der Waals surface area contributed by atoms with Crippen LogP contribution in [0.3, 0.4) is 0 Å². The molecule has 0 heterocycles. The summed E-state index contributed by atoms with van der Waals surface area (Å²) in [7, 11) is 0. The van der Waals surface area contributed by atoms with Crippen LogP contribution in [0.4, 0.5) is 4.79 Å². The summed E-state index contributed by atoms with van der Waals surface area (Å²) in [4.78, 5) is 34.1. The Kier molecular flexibility index (Phi) is 5.12. The second kappa shape index (κ2) is 5.59. The Labute approximate surface area is 113 Å². The Bertz CT molecular complexity index is 364. The standard InChI is InChI=1S/C13H23NO5/c1-11(2,3)13(8-15,7-9(16)17)14-10(18)19-12(4,5)6/h8H,7H2,1-6H3,(H,14,18)(H,16,17). The van der Waals surface area contributed by atoms with Gasteiger partial charge in [-0.05, 0) is 26.2 Å². The van der Waals surface area contributed by atoms with Gasteiger partial charge in [0, 0.05) is 0 Å². The lowest BCUT2D eigenvalue weighted by Gasteiger charge is -2.40. The minimum atomic E-state index is -1.51. The molecule has 0 aliphatic carbocycles. The van der Waals surface area contributed by atoms with Crippen LogP contribution in [0.1, 0.15) is 48.0 Å². The predicted molar refractivity (Wildman–Crippen MR) is 69.9 cm³/mol. The molecule has 0 saturated heterocycles. The van der Waals surface area contributed by atoms with Gasteiger partial charge in [-0.2, -0.15) is 0 Å². The van der Waals surface area contributed by atoms with Gasteiger partial charge in [0.15, 0.2) is 0 Å². The number of nitrogens with one attached hydrogen (secondary N) is 1. The predicted octanol–water partition coefficient (Wildman–Crippen LogP) is 1.97. The summed E-state index contributed by atoms with van der Waals surface area (Å²) >= 11 is 0. The zero-order valence-corrected chi connectivity index (χ0v) is 12.4. The molecule has 0 spiro atoms. The van der Waals surface area contributed by atoms with E-state index in [1.165, 1.54) is 0 Å². The number of carboxylic acid groups (broad SMARTS) is 1. The summed E-state index contributed by atoms with van der Waals surface area (Å²) < 4.78 is 5.07. The quantitative estimate of drug-likeness (QED) is 0.764. The number of amides is 1. The summed E-state index contributed by atoms with van der Waals surface area (Å²) in [6, 6.07) is 0. The van der Waals surface area contributed by atoms with Crippen molar-refractivity contribution in [1.29, 1.82) is 0 Å². The molecule has 0 bridgehead atoms.